The number of aromatic nitrogens is 6. The van der Waals surface area contributed by atoms with Gasteiger partial charge in [0.05, 0.1) is 23.6 Å². The van der Waals surface area contributed by atoms with Gasteiger partial charge < -0.3 is 14.6 Å². The molecule has 1 N–H and O–H groups in total. The Morgan fingerprint density at radius 3 is 2.85 bits per heavy atom. The van der Waals surface area contributed by atoms with Crippen LogP contribution in [0.25, 0.3) is 22.2 Å². The number of nitrogens with one attached hydrogen (secondary N) is 1. The molecule has 6 rings (SSSR count). The van der Waals surface area contributed by atoms with E-state index in [1.807, 2.05) is 6.07 Å². The van der Waals surface area contributed by atoms with E-state index in [4.69, 9.17) is 26.3 Å². The Morgan fingerprint density at radius 2 is 2.00 bits per heavy atom. The van der Waals surface area contributed by atoms with Gasteiger partial charge in [-0.1, -0.05) is 18.5 Å². The Labute approximate surface area is 206 Å². The summed E-state index contributed by atoms with van der Waals surface area (Å²) in [7, 11) is 0. The predicted octanol–water partition coefficient (Wildman–Crippen LogP) is 3.57. The van der Waals surface area contributed by atoms with Crippen LogP contribution in [0.3, 0.4) is 0 Å². The van der Waals surface area contributed by atoms with E-state index >= 15 is 0 Å². The van der Waals surface area contributed by atoms with E-state index in [-0.39, 0.29) is 0 Å². The van der Waals surface area contributed by atoms with Gasteiger partial charge in [0.15, 0.2) is 10.8 Å². The Bertz CT molecular complexity index is 1340. The molecule has 1 unspecified atom stereocenters. The molecule has 4 aromatic heterocycles. The molecule has 4 aromatic rings. The lowest BCUT2D eigenvalue weighted by molar-refractivity contribution is 0.0209. The second kappa shape index (κ2) is 9.26. The van der Waals surface area contributed by atoms with E-state index in [2.05, 4.69) is 36.7 Å². The quantitative estimate of drug-likeness (QED) is 0.416. The molecule has 2 saturated heterocycles. The zero-order chi connectivity index (χ0) is 23.1. The summed E-state index contributed by atoms with van der Waals surface area (Å²) in [6.07, 6.45) is 7.01. The second-order valence-corrected chi connectivity index (χ2v) is 9.95. The van der Waals surface area contributed by atoms with Crippen LogP contribution >= 0.6 is 23.4 Å². The van der Waals surface area contributed by atoms with Crippen molar-refractivity contribution in [3.63, 3.8) is 0 Å². The van der Waals surface area contributed by atoms with E-state index in [0.29, 0.717) is 16.8 Å². The predicted molar refractivity (Wildman–Crippen MR) is 133 cm³/mol. The zero-order valence-electron chi connectivity index (χ0n) is 18.9. The number of aryl methyl sites for hydroxylation is 1. The van der Waals surface area contributed by atoms with Crippen molar-refractivity contribution in [3.8, 4) is 0 Å². The molecule has 0 bridgehead atoms. The molecule has 1 atom stereocenters. The molecule has 0 saturated carbocycles. The molecular formula is C23H25ClN8OS. The topological polar surface area (TPSA) is 95.9 Å². The van der Waals surface area contributed by atoms with E-state index in [9.17, 15) is 0 Å². The van der Waals surface area contributed by atoms with Gasteiger partial charge in [-0.15, -0.1) is 0 Å². The van der Waals surface area contributed by atoms with Crippen molar-refractivity contribution < 1.29 is 4.74 Å². The molecule has 176 valence electrons. The second-order valence-electron chi connectivity index (χ2n) is 8.53. The number of H-pyrrole nitrogens is 1. The van der Waals surface area contributed by atoms with E-state index < -0.39 is 0 Å². The van der Waals surface area contributed by atoms with Crippen molar-refractivity contribution in [2.24, 2.45) is 0 Å². The normalized spacial score (nSPS) is 19.5. The average molecular weight is 497 g/mol. The highest BCUT2D eigenvalue weighted by atomic mass is 35.5. The summed E-state index contributed by atoms with van der Waals surface area (Å²) < 4.78 is 5.54. The molecule has 2 aliphatic heterocycles. The Kier molecular flexibility index (Phi) is 5.98. The van der Waals surface area contributed by atoms with Crippen LogP contribution in [0.15, 0.2) is 34.7 Å². The number of morpholine rings is 1. The minimum atomic E-state index is 0.497. The first kappa shape index (κ1) is 22.0. The van der Waals surface area contributed by atoms with Crippen LogP contribution in [0.1, 0.15) is 19.0 Å². The molecule has 0 spiro atoms. The molecule has 11 heteroatoms. The summed E-state index contributed by atoms with van der Waals surface area (Å²) >= 11 is 8.28. The molecule has 0 aromatic carbocycles. The van der Waals surface area contributed by atoms with Gasteiger partial charge in [0.1, 0.15) is 17.0 Å². The fraction of sp³-hybridized carbons (Fsp3) is 0.435. The minimum Gasteiger partial charge on any atom is -0.379 e. The van der Waals surface area contributed by atoms with Gasteiger partial charge in [0.25, 0.3) is 0 Å². The van der Waals surface area contributed by atoms with Crippen molar-refractivity contribution in [2.45, 2.75) is 35.9 Å². The zero-order valence-corrected chi connectivity index (χ0v) is 20.4. The van der Waals surface area contributed by atoms with Gasteiger partial charge in [-0.2, -0.15) is 0 Å². The van der Waals surface area contributed by atoms with E-state index in [0.717, 1.165) is 90.2 Å². The molecule has 9 nitrogen and oxygen atoms in total. The number of ether oxygens (including phenoxy) is 1. The van der Waals surface area contributed by atoms with Gasteiger partial charge in [-0.05, 0) is 30.7 Å². The van der Waals surface area contributed by atoms with Crippen molar-refractivity contribution in [3.05, 3.63) is 35.4 Å². The first-order valence-corrected chi connectivity index (χ1v) is 12.8. The number of nitrogens with zero attached hydrogens (tertiary/aromatic N) is 7. The molecule has 6 heterocycles. The molecule has 0 radical (unpaired) electrons. The maximum Gasteiger partial charge on any atom is 0.196 e. The first-order valence-electron chi connectivity index (χ1n) is 11.6. The Morgan fingerprint density at radius 1 is 1.15 bits per heavy atom. The van der Waals surface area contributed by atoms with E-state index in [1.54, 1.807) is 18.6 Å². The largest absolute Gasteiger partial charge is 0.379 e. The van der Waals surface area contributed by atoms with Crippen LogP contribution in [0.2, 0.25) is 5.02 Å². The number of pyridine rings is 1. The van der Waals surface area contributed by atoms with E-state index in [1.165, 1.54) is 11.8 Å². The van der Waals surface area contributed by atoms with Crippen LogP contribution in [0.5, 0.6) is 0 Å². The van der Waals surface area contributed by atoms with Gasteiger partial charge in [0.2, 0.25) is 0 Å². The Hall–Kier alpha value is -2.53. The molecule has 2 aliphatic rings. The highest BCUT2D eigenvalue weighted by Crippen LogP contribution is 2.38. The number of halogens is 1. The third-order valence-corrected chi connectivity index (χ3v) is 7.75. The summed E-state index contributed by atoms with van der Waals surface area (Å²) in [5, 5.41) is 2.29. The Balaban J connectivity index is 1.35. The highest BCUT2D eigenvalue weighted by molar-refractivity contribution is 7.99. The van der Waals surface area contributed by atoms with Gasteiger partial charge in [-0.3, -0.25) is 9.88 Å². The number of hydrogen-bond acceptors (Lipinski definition) is 9. The number of hydrogen-bond donors (Lipinski definition) is 1. The van der Waals surface area contributed by atoms with Crippen LogP contribution < -0.4 is 4.90 Å². The van der Waals surface area contributed by atoms with Crippen molar-refractivity contribution in [2.75, 3.05) is 44.3 Å². The van der Waals surface area contributed by atoms with Crippen molar-refractivity contribution >= 4 is 51.4 Å². The van der Waals surface area contributed by atoms with Crippen molar-refractivity contribution in [1.82, 2.24) is 34.8 Å². The maximum absolute atomic E-state index is 6.81. The summed E-state index contributed by atoms with van der Waals surface area (Å²) in [5.41, 5.74) is 3.13. The summed E-state index contributed by atoms with van der Waals surface area (Å²) in [4.78, 5) is 32.1. The average Bonchev–Trinajstić information content (AvgIpc) is 3.49. The molecular weight excluding hydrogens is 472 g/mol. The monoisotopic (exact) mass is 496 g/mol. The standard InChI is InChI=1S/C23H25ClN8OS/c1-2-16-19(24)18-21(28-16)29-23(34-15-11-17-20(27-12-15)26-5-4-25-17)30-22(18)32-6-3-14(13-32)31-7-9-33-10-8-31/h4-5,11-12,14H,2-3,6-10,13H2,1H3,(H,28,29,30). The number of anilines is 1. The third-order valence-electron chi connectivity index (χ3n) is 6.51. The summed E-state index contributed by atoms with van der Waals surface area (Å²) in [5.74, 6) is 0.901. The lowest BCUT2D eigenvalue weighted by Gasteiger charge is -2.32. The third kappa shape index (κ3) is 4.08. The minimum absolute atomic E-state index is 0.497. The van der Waals surface area contributed by atoms with Crippen LogP contribution in [-0.2, 0) is 11.2 Å². The number of rotatable bonds is 5. The van der Waals surface area contributed by atoms with Crippen LogP contribution in [-0.4, -0.2) is 80.2 Å². The smallest absolute Gasteiger partial charge is 0.196 e. The first-order chi connectivity index (χ1) is 16.7. The van der Waals surface area contributed by atoms with Gasteiger partial charge in [-0.25, -0.2) is 19.9 Å². The van der Waals surface area contributed by atoms with Gasteiger partial charge >= 0.3 is 0 Å². The lowest BCUT2D eigenvalue weighted by atomic mass is 10.2. The van der Waals surface area contributed by atoms with Crippen LogP contribution in [0.4, 0.5) is 5.82 Å². The summed E-state index contributed by atoms with van der Waals surface area (Å²) in [6, 6.07) is 2.47. The number of aromatic amines is 1. The van der Waals surface area contributed by atoms with Crippen molar-refractivity contribution in [1.29, 1.82) is 0 Å². The molecule has 34 heavy (non-hydrogen) atoms. The summed E-state index contributed by atoms with van der Waals surface area (Å²) in [6.45, 7) is 7.54. The highest BCUT2D eigenvalue weighted by Gasteiger charge is 2.31. The SMILES string of the molecule is CCc1[nH]c2nc(Sc3cnc4nccnc4c3)nc(N3CCC(N4CCOCC4)C3)c2c1Cl. The van der Waals surface area contributed by atoms with Gasteiger partial charge in [0, 0.05) is 61.4 Å². The molecule has 2 fully saturated rings. The lowest BCUT2D eigenvalue weighted by Crippen LogP contribution is -2.44. The maximum atomic E-state index is 6.81. The molecule has 0 aliphatic carbocycles. The fourth-order valence-corrected chi connectivity index (χ4v) is 5.87. The van der Waals surface area contributed by atoms with Crippen LogP contribution in [0, 0.1) is 0 Å². The molecule has 0 amide bonds. The fourth-order valence-electron chi connectivity index (χ4n) is 4.76. The number of fused-ring (bicyclic) bond motifs is 2.